The Labute approximate surface area is 128 Å². The topological polar surface area (TPSA) is 71.7 Å². The fraction of sp³-hybridized carbons (Fsp3) is 0.353. The van der Waals surface area contributed by atoms with E-state index in [1.54, 1.807) is 19.9 Å². The zero-order chi connectivity index (χ0) is 15.7. The molecular formula is C17H19NO4. The van der Waals surface area contributed by atoms with Gasteiger partial charge in [0.05, 0.1) is 18.7 Å². The lowest BCUT2D eigenvalue weighted by atomic mass is 9.88. The maximum atomic E-state index is 12.3. The highest BCUT2D eigenvalue weighted by Gasteiger charge is 2.36. The highest BCUT2D eigenvalue weighted by atomic mass is 16.5. The number of hydrogen-bond donors (Lipinski definition) is 2. The number of carbonyl (C=O) groups excluding carboxylic acids is 1. The fourth-order valence-electron chi connectivity index (χ4n) is 2.80. The summed E-state index contributed by atoms with van der Waals surface area (Å²) in [5.41, 5.74) is 0.0973. The van der Waals surface area contributed by atoms with Gasteiger partial charge in [-0.1, -0.05) is 18.2 Å². The molecule has 0 saturated carbocycles. The summed E-state index contributed by atoms with van der Waals surface area (Å²) in [6, 6.07) is 9.07. The normalized spacial score (nSPS) is 20.1. The zero-order valence-electron chi connectivity index (χ0n) is 12.7. The van der Waals surface area contributed by atoms with Crippen LogP contribution >= 0.6 is 0 Å². The number of para-hydroxylation sites is 1. The van der Waals surface area contributed by atoms with Crippen molar-refractivity contribution < 1.29 is 19.1 Å². The Morgan fingerprint density at radius 3 is 2.86 bits per heavy atom. The number of rotatable bonds is 3. The van der Waals surface area contributed by atoms with Crippen molar-refractivity contribution >= 4 is 5.91 Å². The summed E-state index contributed by atoms with van der Waals surface area (Å²) < 4.78 is 10.9. The minimum atomic E-state index is -1.11. The van der Waals surface area contributed by atoms with Crippen LogP contribution in [0.15, 0.2) is 34.7 Å². The summed E-state index contributed by atoms with van der Waals surface area (Å²) in [6.45, 7) is 4.11. The van der Waals surface area contributed by atoms with E-state index in [0.717, 1.165) is 0 Å². The molecule has 3 rings (SSSR count). The van der Waals surface area contributed by atoms with E-state index in [2.05, 4.69) is 5.32 Å². The molecule has 22 heavy (non-hydrogen) atoms. The Morgan fingerprint density at radius 2 is 2.14 bits per heavy atom. The van der Waals surface area contributed by atoms with Crippen LogP contribution in [-0.4, -0.2) is 24.2 Å². The molecule has 116 valence electrons. The van der Waals surface area contributed by atoms with E-state index in [1.165, 1.54) is 0 Å². The maximum Gasteiger partial charge on any atom is 0.254 e. The van der Waals surface area contributed by atoms with Gasteiger partial charge in [0.15, 0.2) is 0 Å². The maximum absolute atomic E-state index is 12.3. The van der Waals surface area contributed by atoms with Crippen LogP contribution in [0, 0.1) is 13.8 Å². The largest absolute Gasteiger partial charge is 0.493 e. The number of ether oxygens (including phenoxy) is 1. The molecule has 1 aliphatic rings. The molecule has 5 heteroatoms. The summed E-state index contributed by atoms with van der Waals surface area (Å²) in [7, 11) is 0. The molecule has 2 heterocycles. The Hall–Kier alpha value is -2.27. The van der Waals surface area contributed by atoms with Crippen molar-refractivity contribution in [3.8, 4) is 5.75 Å². The molecule has 0 spiro atoms. The number of furan rings is 1. The number of benzene rings is 1. The van der Waals surface area contributed by atoms with E-state index >= 15 is 0 Å². The lowest BCUT2D eigenvalue weighted by Gasteiger charge is -2.34. The van der Waals surface area contributed by atoms with Gasteiger partial charge in [0.25, 0.3) is 5.91 Å². The molecule has 1 aromatic carbocycles. The molecule has 0 radical (unpaired) electrons. The molecule has 1 aromatic heterocycles. The van der Waals surface area contributed by atoms with Gasteiger partial charge in [0, 0.05) is 12.0 Å². The van der Waals surface area contributed by atoms with Crippen LogP contribution in [0.3, 0.4) is 0 Å². The first-order valence-electron chi connectivity index (χ1n) is 7.29. The van der Waals surface area contributed by atoms with Crippen molar-refractivity contribution in [1.29, 1.82) is 0 Å². The Bertz CT molecular complexity index is 706. The van der Waals surface area contributed by atoms with Gasteiger partial charge in [-0.15, -0.1) is 0 Å². The zero-order valence-corrected chi connectivity index (χ0v) is 12.7. The molecule has 1 aliphatic heterocycles. The number of carbonyl (C=O) groups is 1. The van der Waals surface area contributed by atoms with E-state index in [9.17, 15) is 9.90 Å². The van der Waals surface area contributed by atoms with Crippen molar-refractivity contribution in [2.75, 3.05) is 13.2 Å². The van der Waals surface area contributed by atoms with Gasteiger partial charge < -0.3 is 19.6 Å². The highest BCUT2D eigenvalue weighted by molar-refractivity contribution is 5.95. The van der Waals surface area contributed by atoms with Crippen molar-refractivity contribution in [3.63, 3.8) is 0 Å². The molecule has 0 aliphatic carbocycles. The average molecular weight is 301 g/mol. The second-order valence-electron chi connectivity index (χ2n) is 5.64. The summed E-state index contributed by atoms with van der Waals surface area (Å²) in [5, 5.41) is 13.7. The van der Waals surface area contributed by atoms with E-state index in [-0.39, 0.29) is 12.5 Å². The summed E-state index contributed by atoms with van der Waals surface area (Å²) in [5.74, 6) is 1.69. The molecule has 0 saturated heterocycles. The Morgan fingerprint density at radius 1 is 1.36 bits per heavy atom. The molecular weight excluding hydrogens is 282 g/mol. The first-order chi connectivity index (χ1) is 10.5. The van der Waals surface area contributed by atoms with Gasteiger partial charge in [0.2, 0.25) is 0 Å². The molecule has 0 fully saturated rings. The molecule has 1 atom stereocenters. The number of nitrogens with one attached hydrogen (secondary N) is 1. The third kappa shape index (κ3) is 2.60. The predicted molar refractivity (Wildman–Crippen MR) is 81.0 cm³/mol. The van der Waals surface area contributed by atoms with Gasteiger partial charge >= 0.3 is 0 Å². The van der Waals surface area contributed by atoms with Crippen molar-refractivity contribution in [3.05, 3.63) is 53.0 Å². The van der Waals surface area contributed by atoms with Gasteiger partial charge in [-0.25, -0.2) is 0 Å². The first kappa shape index (κ1) is 14.7. The van der Waals surface area contributed by atoms with Crippen molar-refractivity contribution in [1.82, 2.24) is 5.32 Å². The highest BCUT2D eigenvalue weighted by Crippen LogP contribution is 2.36. The Balaban J connectivity index is 1.76. The number of hydrogen-bond acceptors (Lipinski definition) is 4. The third-order valence-corrected chi connectivity index (χ3v) is 3.99. The smallest absolute Gasteiger partial charge is 0.254 e. The second kappa shape index (κ2) is 5.50. The van der Waals surface area contributed by atoms with Crippen LogP contribution in [0.5, 0.6) is 5.75 Å². The average Bonchev–Trinajstić information content (AvgIpc) is 2.84. The molecule has 2 N–H and O–H groups in total. The monoisotopic (exact) mass is 301 g/mol. The SMILES string of the molecule is Cc1cc(C(=O)NCC2(O)CCOc3ccccc32)c(C)o1. The molecule has 1 unspecified atom stereocenters. The fourth-order valence-corrected chi connectivity index (χ4v) is 2.80. The lowest BCUT2D eigenvalue weighted by Crippen LogP contribution is -2.43. The van der Waals surface area contributed by atoms with E-state index < -0.39 is 5.60 Å². The van der Waals surface area contributed by atoms with E-state index in [0.29, 0.717) is 41.4 Å². The number of aliphatic hydroxyl groups is 1. The van der Waals surface area contributed by atoms with Crippen molar-refractivity contribution in [2.45, 2.75) is 25.9 Å². The summed E-state index contributed by atoms with van der Waals surface area (Å²) >= 11 is 0. The standard InChI is InChI=1S/C17H19NO4/c1-11-9-13(12(2)22-11)16(19)18-10-17(20)7-8-21-15-6-4-3-5-14(15)17/h3-6,9,20H,7-8,10H2,1-2H3,(H,18,19). The third-order valence-electron chi connectivity index (χ3n) is 3.99. The quantitative estimate of drug-likeness (QED) is 0.912. The van der Waals surface area contributed by atoms with Crippen LogP contribution in [0.25, 0.3) is 0 Å². The predicted octanol–water partition coefficient (Wildman–Crippen LogP) is 2.30. The van der Waals surface area contributed by atoms with E-state index in [1.807, 2.05) is 24.3 Å². The number of fused-ring (bicyclic) bond motifs is 1. The van der Waals surface area contributed by atoms with Gasteiger partial charge in [-0.05, 0) is 26.0 Å². The van der Waals surface area contributed by atoms with Crippen LogP contribution < -0.4 is 10.1 Å². The van der Waals surface area contributed by atoms with Gasteiger partial charge in [0.1, 0.15) is 22.9 Å². The minimum absolute atomic E-state index is 0.135. The minimum Gasteiger partial charge on any atom is -0.493 e. The Kier molecular flexibility index (Phi) is 3.66. The van der Waals surface area contributed by atoms with Crippen LogP contribution in [0.2, 0.25) is 0 Å². The van der Waals surface area contributed by atoms with Crippen LogP contribution in [0.4, 0.5) is 0 Å². The molecule has 2 aromatic rings. The van der Waals surface area contributed by atoms with E-state index in [4.69, 9.17) is 9.15 Å². The summed E-state index contributed by atoms with van der Waals surface area (Å²) in [6.07, 6.45) is 0.438. The number of amides is 1. The van der Waals surface area contributed by atoms with Gasteiger partial charge in [-0.2, -0.15) is 0 Å². The van der Waals surface area contributed by atoms with Gasteiger partial charge in [-0.3, -0.25) is 4.79 Å². The van der Waals surface area contributed by atoms with Crippen LogP contribution in [0.1, 0.15) is 33.9 Å². The summed E-state index contributed by atoms with van der Waals surface area (Å²) in [4.78, 5) is 12.3. The molecule has 1 amide bonds. The van der Waals surface area contributed by atoms with Crippen LogP contribution in [-0.2, 0) is 5.60 Å². The number of aryl methyl sites for hydroxylation is 2. The first-order valence-corrected chi connectivity index (χ1v) is 7.29. The lowest BCUT2D eigenvalue weighted by molar-refractivity contribution is -0.00162. The second-order valence-corrected chi connectivity index (χ2v) is 5.64. The van der Waals surface area contributed by atoms with Crippen molar-refractivity contribution in [2.24, 2.45) is 0 Å². The molecule has 5 nitrogen and oxygen atoms in total. The molecule has 0 bridgehead atoms.